The summed E-state index contributed by atoms with van der Waals surface area (Å²) in [7, 11) is 0. The second-order valence-electron chi connectivity index (χ2n) is 7.04. The van der Waals surface area contributed by atoms with Crippen molar-refractivity contribution in [1.82, 2.24) is 19.7 Å². The lowest BCUT2D eigenvalue weighted by Gasteiger charge is -2.04. The molecule has 8 nitrogen and oxygen atoms in total. The number of carboxylic acids is 1. The molecule has 1 aliphatic heterocycles. The summed E-state index contributed by atoms with van der Waals surface area (Å²) in [6.45, 7) is 0.828. The molecule has 29 heavy (non-hydrogen) atoms. The third kappa shape index (κ3) is 2.93. The van der Waals surface area contributed by atoms with Crippen LogP contribution in [0.5, 0.6) is 0 Å². The smallest absolute Gasteiger partial charge is 0.304 e. The van der Waals surface area contributed by atoms with E-state index in [1.807, 2.05) is 24.3 Å². The van der Waals surface area contributed by atoms with Gasteiger partial charge in [0.05, 0.1) is 12.0 Å². The number of hydrogen-bond donors (Lipinski definition) is 1. The van der Waals surface area contributed by atoms with Crippen LogP contribution in [-0.4, -0.2) is 30.8 Å². The number of nitriles is 1. The third-order valence-electron chi connectivity index (χ3n) is 5.28. The highest BCUT2D eigenvalue weighted by Gasteiger charge is 2.26. The van der Waals surface area contributed by atoms with Crippen molar-refractivity contribution in [3.8, 4) is 28.9 Å². The van der Waals surface area contributed by atoms with Crippen molar-refractivity contribution in [3.05, 3.63) is 54.0 Å². The van der Waals surface area contributed by atoms with E-state index in [4.69, 9.17) is 14.9 Å². The molecule has 1 aliphatic rings. The van der Waals surface area contributed by atoms with Crippen LogP contribution in [0, 0.1) is 11.3 Å². The predicted octanol–water partition coefficient (Wildman–Crippen LogP) is 3.59. The Balaban J connectivity index is 1.48. The first kappa shape index (κ1) is 17.1. The minimum atomic E-state index is -0.772. The van der Waals surface area contributed by atoms with Gasteiger partial charge in [-0.25, -0.2) is 4.98 Å². The molecule has 5 rings (SSSR count). The predicted molar refractivity (Wildman–Crippen MR) is 103 cm³/mol. The molecule has 4 heterocycles. The number of aliphatic carboxylic acids is 1. The fourth-order valence-electron chi connectivity index (χ4n) is 3.91. The molecule has 0 amide bonds. The lowest BCUT2D eigenvalue weighted by Crippen LogP contribution is -2.02. The summed E-state index contributed by atoms with van der Waals surface area (Å²) in [5.41, 5.74) is 3.92. The van der Waals surface area contributed by atoms with Crippen molar-refractivity contribution < 1.29 is 14.4 Å². The van der Waals surface area contributed by atoms with Crippen LogP contribution >= 0.6 is 0 Å². The van der Waals surface area contributed by atoms with E-state index in [-0.39, 0.29) is 12.3 Å². The van der Waals surface area contributed by atoms with E-state index in [1.54, 1.807) is 12.1 Å². The maximum atomic E-state index is 11.1. The molecule has 0 radical (unpaired) electrons. The Kier molecular flexibility index (Phi) is 3.88. The second kappa shape index (κ2) is 6.56. The minimum absolute atomic E-state index is 0.0454. The van der Waals surface area contributed by atoms with Crippen LogP contribution in [0.3, 0.4) is 0 Å². The zero-order valence-electron chi connectivity index (χ0n) is 15.2. The summed E-state index contributed by atoms with van der Waals surface area (Å²) < 4.78 is 7.55. The van der Waals surface area contributed by atoms with Gasteiger partial charge in [0.15, 0.2) is 0 Å². The van der Waals surface area contributed by atoms with Gasteiger partial charge in [0.2, 0.25) is 5.82 Å². The van der Waals surface area contributed by atoms with Crippen molar-refractivity contribution in [2.75, 3.05) is 0 Å². The molecule has 0 unspecified atom stereocenters. The summed E-state index contributed by atoms with van der Waals surface area (Å²) >= 11 is 0. The Hall–Kier alpha value is -3.99. The SMILES string of the molecule is N#Cc1ccc(-c2nc(-c3ccc4c(c3)cc3n4CC[C@@H]3CC(=O)O)no2)cn1. The molecule has 1 atom stereocenters. The van der Waals surface area contributed by atoms with Crippen LogP contribution in [0.25, 0.3) is 33.7 Å². The number of fused-ring (bicyclic) bond motifs is 3. The average Bonchev–Trinajstić information content (AvgIpc) is 3.44. The molecular formula is C21H15N5O3. The molecule has 8 heteroatoms. The lowest BCUT2D eigenvalue weighted by atomic mass is 10.0. The van der Waals surface area contributed by atoms with Gasteiger partial charge < -0.3 is 14.2 Å². The highest BCUT2D eigenvalue weighted by atomic mass is 16.5. The van der Waals surface area contributed by atoms with E-state index in [2.05, 4.69) is 25.8 Å². The number of aryl methyl sites for hydroxylation is 1. The van der Waals surface area contributed by atoms with Crippen molar-refractivity contribution in [3.63, 3.8) is 0 Å². The van der Waals surface area contributed by atoms with Gasteiger partial charge in [0.25, 0.3) is 5.89 Å². The van der Waals surface area contributed by atoms with Gasteiger partial charge in [0, 0.05) is 40.8 Å². The Morgan fingerprint density at radius 3 is 2.90 bits per heavy atom. The number of rotatable bonds is 4. The summed E-state index contributed by atoms with van der Waals surface area (Å²) in [4.78, 5) is 19.6. The molecule has 0 saturated heterocycles. The zero-order chi connectivity index (χ0) is 20.0. The van der Waals surface area contributed by atoms with E-state index in [9.17, 15) is 4.79 Å². The number of carbonyl (C=O) groups is 1. The fraction of sp³-hybridized carbons (Fsp3) is 0.190. The van der Waals surface area contributed by atoms with Crippen LogP contribution < -0.4 is 0 Å². The molecular weight excluding hydrogens is 370 g/mol. The zero-order valence-corrected chi connectivity index (χ0v) is 15.2. The topological polar surface area (TPSA) is 118 Å². The van der Waals surface area contributed by atoms with Gasteiger partial charge >= 0.3 is 5.97 Å². The van der Waals surface area contributed by atoms with Gasteiger partial charge in [-0.05, 0) is 42.8 Å². The maximum Gasteiger partial charge on any atom is 0.304 e. The average molecular weight is 385 g/mol. The first-order valence-corrected chi connectivity index (χ1v) is 9.18. The van der Waals surface area contributed by atoms with Gasteiger partial charge in [-0.2, -0.15) is 10.2 Å². The first-order valence-electron chi connectivity index (χ1n) is 9.18. The lowest BCUT2D eigenvalue weighted by molar-refractivity contribution is -0.137. The normalized spacial score (nSPS) is 15.3. The van der Waals surface area contributed by atoms with Crippen molar-refractivity contribution in [2.45, 2.75) is 25.3 Å². The Labute approximate surface area is 165 Å². The Morgan fingerprint density at radius 2 is 2.14 bits per heavy atom. The number of pyridine rings is 1. The minimum Gasteiger partial charge on any atom is -0.481 e. The van der Waals surface area contributed by atoms with Gasteiger partial charge in [0.1, 0.15) is 11.8 Å². The van der Waals surface area contributed by atoms with Crippen LogP contribution in [-0.2, 0) is 11.3 Å². The molecule has 1 aromatic carbocycles. The molecule has 0 aliphatic carbocycles. The molecule has 0 fully saturated rings. The summed E-state index contributed by atoms with van der Waals surface area (Å²) in [5.74, 6) is 0.0627. The molecule has 0 saturated carbocycles. The molecule has 1 N–H and O–H groups in total. The largest absolute Gasteiger partial charge is 0.481 e. The van der Waals surface area contributed by atoms with E-state index >= 15 is 0 Å². The number of benzene rings is 1. The van der Waals surface area contributed by atoms with E-state index in [1.165, 1.54) is 6.20 Å². The van der Waals surface area contributed by atoms with Gasteiger partial charge in [-0.3, -0.25) is 4.79 Å². The van der Waals surface area contributed by atoms with Crippen molar-refractivity contribution in [1.29, 1.82) is 5.26 Å². The molecule has 0 spiro atoms. The van der Waals surface area contributed by atoms with Crippen molar-refractivity contribution >= 4 is 16.9 Å². The molecule has 4 aromatic rings. The molecule has 3 aromatic heterocycles. The monoisotopic (exact) mass is 385 g/mol. The number of hydrogen-bond acceptors (Lipinski definition) is 6. The van der Waals surface area contributed by atoms with Crippen LogP contribution in [0.2, 0.25) is 0 Å². The first-order chi connectivity index (χ1) is 14.1. The molecule has 142 valence electrons. The van der Waals surface area contributed by atoms with Crippen molar-refractivity contribution in [2.24, 2.45) is 0 Å². The van der Waals surface area contributed by atoms with E-state index in [0.717, 1.165) is 35.1 Å². The van der Waals surface area contributed by atoms with Crippen LogP contribution in [0.15, 0.2) is 47.1 Å². The van der Waals surface area contributed by atoms with E-state index in [0.29, 0.717) is 23.0 Å². The highest BCUT2D eigenvalue weighted by molar-refractivity contribution is 5.86. The van der Waals surface area contributed by atoms with E-state index < -0.39 is 5.97 Å². The number of nitrogens with zero attached hydrogens (tertiary/aromatic N) is 5. The van der Waals surface area contributed by atoms with Gasteiger partial charge in [-0.15, -0.1) is 0 Å². The molecule has 0 bridgehead atoms. The summed E-state index contributed by atoms with van der Waals surface area (Å²) in [6.07, 6.45) is 2.53. The Bertz CT molecular complexity index is 1280. The second-order valence-corrected chi connectivity index (χ2v) is 7.04. The Morgan fingerprint density at radius 1 is 1.28 bits per heavy atom. The summed E-state index contributed by atoms with van der Waals surface area (Å²) in [6, 6.07) is 13.3. The summed E-state index contributed by atoms with van der Waals surface area (Å²) in [5, 5.41) is 23.1. The van der Waals surface area contributed by atoms with Crippen LogP contribution in [0.1, 0.15) is 30.1 Å². The maximum absolute atomic E-state index is 11.1. The number of carboxylic acid groups (broad SMARTS) is 1. The third-order valence-corrected chi connectivity index (χ3v) is 5.28. The number of aromatic nitrogens is 4. The standard InChI is InChI=1S/C21H15N5O3/c22-10-16-3-1-14(11-23-16)21-24-20(25-29-21)13-2-4-17-15(7-13)8-18-12(9-19(27)28)5-6-26(17)18/h1-4,7-8,11-12H,5-6,9H2,(H,27,28)/t12-/m1/s1. The van der Waals surface area contributed by atoms with Gasteiger partial charge in [-0.1, -0.05) is 5.16 Å². The van der Waals surface area contributed by atoms with Crippen LogP contribution in [0.4, 0.5) is 0 Å². The quantitative estimate of drug-likeness (QED) is 0.570. The highest BCUT2D eigenvalue weighted by Crippen LogP contribution is 2.37. The fourth-order valence-corrected chi connectivity index (χ4v) is 3.91.